The molecule has 3 heteroatoms. The fraction of sp³-hybridized carbons (Fsp3) is 0.667. The van der Waals surface area contributed by atoms with Crippen LogP contribution in [-0.2, 0) is 13.1 Å². The van der Waals surface area contributed by atoms with Gasteiger partial charge < -0.3 is 10.6 Å². The molecule has 0 saturated carbocycles. The molecule has 116 valence electrons. The van der Waals surface area contributed by atoms with E-state index in [1.165, 1.54) is 63.0 Å². The highest BCUT2D eigenvalue weighted by atomic mass is 15.1. The summed E-state index contributed by atoms with van der Waals surface area (Å²) >= 11 is 0. The molecule has 2 N–H and O–H groups in total. The first kappa shape index (κ1) is 15.0. The van der Waals surface area contributed by atoms with Gasteiger partial charge in [0.1, 0.15) is 0 Å². The van der Waals surface area contributed by atoms with E-state index in [2.05, 4.69) is 39.8 Å². The largest absolute Gasteiger partial charge is 0.317 e. The summed E-state index contributed by atoms with van der Waals surface area (Å²) < 4.78 is 0. The molecule has 3 nitrogen and oxygen atoms in total. The van der Waals surface area contributed by atoms with E-state index in [0.29, 0.717) is 0 Å². The first-order valence-electron chi connectivity index (χ1n) is 8.62. The third kappa shape index (κ3) is 4.80. The molecule has 0 bridgehead atoms. The number of hydrogen-bond acceptors (Lipinski definition) is 3. The second kappa shape index (κ2) is 7.92. The van der Waals surface area contributed by atoms with Gasteiger partial charge >= 0.3 is 0 Å². The molecule has 0 atom stereocenters. The Kier molecular flexibility index (Phi) is 5.67. The van der Waals surface area contributed by atoms with Crippen molar-refractivity contribution < 1.29 is 0 Å². The molecule has 3 rings (SSSR count). The Labute approximate surface area is 129 Å². The summed E-state index contributed by atoms with van der Waals surface area (Å²) in [5, 5.41) is 7.05. The van der Waals surface area contributed by atoms with Gasteiger partial charge in [-0.05, 0) is 75.5 Å². The van der Waals surface area contributed by atoms with Crippen molar-refractivity contribution in [1.29, 1.82) is 0 Å². The number of hydrogen-bond donors (Lipinski definition) is 2. The third-order valence-electron chi connectivity index (χ3n) is 4.85. The first-order chi connectivity index (χ1) is 10.4. The molecule has 0 aliphatic carbocycles. The number of nitrogens with zero attached hydrogens (tertiary/aromatic N) is 1. The van der Waals surface area contributed by atoms with Gasteiger partial charge in [0.15, 0.2) is 0 Å². The molecule has 1 aromatic rings. The van der Waals surface area contributed by atoms with E-state index in [0.717, 1.165) is 25.6 Å². The minimum atomic E-state index is 0.862. The fourth-order valence-electron chi connectivity index (χ4n) is 3.47. The summed E-state index contributed by atoms with van der Waals surface area (Å²) in [7, 11) is 0. The molecular formula is C18H29N3. The Morgan fingerprint density at radius 3 is 2.38 bits per heavy atom. The number of piperidine rings is 1. The molecule has 2 aliphatic rings. The molecule has 0 radical (unpaired) electrons. The van der Waals surface area contributed by atoms with Crippen molar-refractivity contribution in [3.63, 3.8) is 0 Å². The Morgan fingerprint density at radius 1 is 1.00 bits per heavy atom. The SMILES string of the molecule is c1cc(CN2CCCC2)ccc1CNCC1CCNCC1. The van der Waals surface area contributed by atoms with Crippen molar-refractivity contribution in [2.75, 3.05) is 32.7 Å². The van der Waals surface area contributed by atoms with E-state index in [-0.39, 0.29) is 0 Å². The predicted octanol–water partition coefficient (Wildman–Crippen LogP) is 2.37. The van der Waals surface area contributed by atoms with Crippen LogP contribution in [0.25, 0.3) is 0 Å². The molecule has 2 aliphatic heterocycles. The smallest absolute Gasteiger partial charge is 0.0233 e. The second-order valence-electron chi connectivity index (χ2n) is 6.62. The number of benzene rings is 1. The molecule has 1 aromatic carbocycles. The van der Waals surface area contributed by atoms with Gasteiger partial charge in [0.05, 0.1) is 0 Å². The van der Waals surface area contributed by atoms with E-state index in [1.54, 1.807) is 0 Å². The average molecular weight is 287 g/mol. The molecule has 2 heterocycles. The zero-order valence-electron chi connectivity index (χ0n) is 13.1. The Balaban J connectivity index is 1.39. The van der Waals surface area contributed by atoms with Crippen LogP contribution in [-0.4, -0.2) is 37.6 Å². The third-order valence-corrected chi connectivity index (χ3v) is 4.85. The van der Waals surface area contributed by atoms with Gasteiger partial charge in [-0.15, -0.1) is 0 Å². The second-order valence-corrected chi connectivity index (χ2v) is 6.62. The van der Waals surface area contributed by atoms with Crippen LogP contribution in [0.3, 0.4) is 0 Å². The number of nitrogens with one attached hydrogen (secondary N) is 2. The zero-order chi connectivity index (χ0) is 14.3. The highest BCUT2D eigenvalue weighted by Gasteiger charge is 2.12. The molecule has 0 aromatic heterocycles. The van der Waals surface area contributed by atoms with Gasteiger partial charge in [-0.3, -0.25) is 4.90 Å². The van der Waals surface area contributed by atoms with Crippen LogP contribution in [0, 0.1) is 5.92 Å². The topological polar surface area (TPSA) is 27.3 Å². The lowest BCUT2D eigenvalue weighted by Gasteiger charge is -2.22. The summed E-state index contributed by atoms with van der Waals surface area (Å²) in [5.41, 5.74) is 2.87. The standard InChI is InChI=1S/C18H29N3/c1-2-12-21(11-1)15-18-5-3-16(4-6-18)13-20-14-17-7-9-19-10-8-17/h3-6,17,19-20H,1-2,7-15H2. The van der Waals surface area contributed by atoms with Crippen molar-refractivity contribution in [2.45, 2.75) is 38.8 Å². The van der Waals surface area contributed by atoms with E-state index < -0.39 is 0 Å². The van der Waals surface area contributed by atoms with Gasteiger partial charge in [0, 0.05) is 13.1 Å². The van der Waals surface area contributed by atoms with Crippen LogP contribution < -0.4 is 10.6 Å². The highest BCUT2D eigenvalue weighted by Crippen LogP contribution is 2.14. The number of likely N-dealkylation sites (tertiary alicyclic amines) is 1. The van der Waals surface area contributed by atoms with Gasteiger partial charge in [0.25, 0.3) is 0 Å². The normalized spacial score (nSPS) is 21.0. The number of rotatable bonds is 6. The summed E-state index contributed by atoms with van der Waals surface area (Å²) in [6.45, 7) is 8.24. The summed E-state index contributed by atoms with van der Waals surface area (Å²) in [6.07, 6.45) is 5.39. The molecule has 21 heavy (non-hydrogen) atoms. The molecule has 0 amide bonds. The molecule has 2 saturated heterocycles. The highest BCUT2D eigenvalue weighted by molar-refractivity contribution is 5.22. The van der Waals surface area contributed by atoms with Gasteiger partial charge in [0.2, 0.25) is 0 Å². The lowest BCUT2D eigenvalue weighted by atomic mass is 9.98. The van der Waals surface area contributed by atoms with Crippen molar-refractivity contribution in [1.82, 2.24) is 15.5 Å². The van der Waals surface area contributed by atoms with Crippen LogP contribution in [0.2, 0.25) is 0 Å². The fourth-order valence-corrected chi connectivity index (χ4v) is 3.47. The molecule has 2 fully saturated rings. The summed E-state index contributed by atoms with van der Waals surface area (Å²) in [4.78, 5) is 2.56. The van der Waals surface area contributed by atoms with E-state index >= 15 is 0 Å². The lowest BCUT2D eigenvalue weighted by molar-refractivity contribution is 0.331. The average Bonchev–Trinajstić information content (AvgIpc) is 3.03. The van der Waals surface area contributed by atoms with E-state index in [9.17, 15) is 0 Å². The Bertz CT molecular complexity index is 403. The van der Waals surface area contributed by atoms with Crippen molar-refractivity contribution in [3.05, 3.63) is 35.4 Å². The first-order valence-corrected chi connectivity index (χ1v) is 8.62. The minimum Gasteiger partial charge on any atom is -0.317 e. The van der Waals surface area contributed by atoms with Crippen LogP contribution in [0.4, 0.5) is 0 Å². The predicted molar refractivity (Wildman–Crippen MR) is 88.3 cm³/mol. The molecule has 0 unspecified atom stereocenters. The van der Waals surface area contributed by atoms with Crippen LogP contribution >= 0.6 is 0 Å². The van der Waals surface area contributed by atoms with Gasteiger partial charge in [-0.1, -0.05) is 24.3 Å². The Hall–Kier alpha value is -0.900. The summed E-state index contributed by atoms with van der Waals surface area (Å²) in [6, 6.07) is 9.20. The zero-order valence-corrected chi connectivity index (χ0v) is 13.1. The maximum atomic E-state index is 3.63. The minimum absolute atomic E-state index is 0.862. The van der Waals surface area contributed by atoms with Crippen LogP contribution in [0.5, 0.6) is 0 Å². The molecular weight excluding hydrogens is 258 g/mol. The molecule has 0 spiro atoms. The van der Waals surface area contributed by atoms with Crippen LogP contribution in [0.15, 0.2) is 24.3 Å². The van der Waals surface area contributed by atoms with E-state index in [4.69, 9.17) is 0 Å². The van der Waals surface area contributed by atoms with Gasteiger partial charge in [-0.2, -0.15) is 0 Å². The monoisotopic (exact) mass is 287 g/mol. The van der Waals surface area contributed by atoms with E-state index in [1.807, 2.05) is 0 Å². The summed E-state index contributed by atoms with van der Waals surface area (Å²) in [5.74, 6) is 0.862. The van der Waals surface area contributed by atoms with Crippen molar-refractivity contribution >= 4 is 0 Å². The maximum Gasteiger partial charge on any atom is 0.0233 e. The van der Waals surface area contributed by atoms with Gasteiger partial charge in [-0.25, -0.2) is 0 Å². The quantitative estimate of drug-likeness (QED) is 0.841. The Morgan fingerprint density at radius 2 is 1.67 bits per heavy atom. The van der Waals surface area contributed by atoms with Crippen molar-refractivity contribution in [3.8, 4) is 0 Å². The van der Waals surface area contributed by atoms with Crippen LogP contribution in [0.1, 0.15) is 36.8 Å². The van der Waals surface area contributed by atoms with Crippen molar-refractivity contribution in [2.24, 2.45) is 5.92 Å². The maximum absolute atomic E-state index is 3.63. The lowest BCUT2D eigenvalue weighted by Crippen LogP contribution is -2.33.